The first-order valence-corrected chi connectivity index (χ1v) is 5.62. The van der Waals surface area contributed by atoms with Crippen molar-refractivity contribution in [3.8, 4) is 0 Å². The van der Waals surface area contributed by atoms with Crippen LogP contribution in [0.4, 0.5) is 0 Å². The van der Waals surface area contributed by atoms with Gasteiger partial charge in [-0.2, -0.15) is 0 Å². The summed E-state index contributed by atoms with van der Waals surface area (Å²) in [6.07, 6.45) is 2.48. The Morgan fingerprint density at radius 2 is 2.19 bits per heavy atom. The maximum atomic E-state index is 10.9. The summed E-state index contributed by atoms with van der Waals surface area (Å²) in [7, 11) is 0. The molecule has 0 atom stereocenters. The number of furan rings is 1. The van der Waals surface area contributed by atoms with Crippen LogP contribution in [-0.2, 0) is 11.2 Å². The minimum Gasteiger partial charge on any atom is -0.464 e. The molecule has 0 aliphatic carbocycles. The molecule has 0 saturated heterocycles. The van der Waals surface area contributed by atoms with Gasteiger partial charge in [-0.3, -0.25) is 4.79 Å². The number of rotatable bonds is 4. The second-order valence-corrected chi connectivity index (χ2v) is 3.76. The van der Waals surface area contributed by atoms with Gasteiger partial charge in [0.15, 0.2) is 0 Å². The Kier molecular flexibility index (Phi) is 3.47. The normalized spacial score (nSPS) is 10.6. The number of halogens is 1. The van der Waals surface area contributed by atoms with E-state index in [1.54, 1.807) is 6.26 Å². The van der Waals surface area contributed by atoms with Crippen molar-refractivity contribution in [2.24, 2.45) is 0 Å². The van der Waals surface area contributed by atoms with Gasteiger partial charge in [0.2, 0.25) is 5.91 Å². The van der Waals surface area contributed by atoms with Crippen LogP contribution in [0.25, 0.3) is 11.0 Å². The molecule has 16 heavy (non-hydrogen) atoms. The van der Waals surface area contributed by atoms with Crippen molar-refractivity contribution in [3.05, 3.63) is 36.1 Å². The molecule has 0 spiro atoms. The summed E-state index contributed by atoms with van der Waals surface area (Å²) in [5, 5.41) is 3.82. The lowest BCUT2D eigenvalue weighted by molar-refractivity contribution is -0.118. The molecule has 3 nitrogen and oxygen atoms in total. The van der Waals surface area contributed by atoms with Gasteiger partial charge in [-0.25, -0.2) is 0 Å². The number of benzene rings is 1. The second kappa shape index (κ2) is 5.03. The van der Waals surface area contributed by atoms with Crippen LogP contribution in [0, 0.1) is 0 Å². The summed E-state index contributed by atoms with van der Waals surface area (Å²) < 4.78 is 5.39. The Hall–Kier alpha value is -1.48. The maximum Gasteiger partial charge on any atom is 0.234 e. The van der Waals surface area contributed by atoms with Crippen molar-refractivity contribution >= 4 is 28.5 Å². The predicted molar refractivity (Wildman–Crippen MR) is 63.6 cm³/mol. The quantitative estimate of drug-likeness (QED) is 0.830. The molecule has 84 valence electrons. The van der Waals surface area contributed by atoms with Gasteiger partial charge in [0.25, 0.3) is 0 Å². The van der Waals surface area contributed by atoms with Crippen molar-refractivity contribution in [2.75, 3.05) is 12.4 Å². The number of alkyl halides is 1. The first kappa shape index (κ1) is 11.0. The fraction of sp³-hybridized carbons (Fsp3) is 0.250. The van der Waals surface area contributed by atoms with Crippen molar-refractivity contribution in [1.82, 2.24) is 5.32 Å². The van der Waals surface area contributed by atoms with Gasteiger partial charge in [0.1, 0.15) is 11.5 Å². The van der Waals surface area contributed by atoms with Gasteiger partial charge in [-0.15, -0.1) is 11.6 Å². The van der Waals surface area contributed by atoms with Gasteiger partial charge in [0, 0.05) is 11.9 Å². The third kappa shape index (κ3) is 2.36. The Labute approximate surface area is 98.4 Å². The van der Waals surface area contributed by atoms with Gasteiger partial charge >= 0.3 is 0 Å². The largest absolute Gasteiger partial charge is 0.464 e. The molecular formula is C12H12ClNO2. The Balaban J connectivity index is 2.02. The lowest BCUT2D eigenvalue weighted by Crippen LogP contribution is -2.26. The molecule has 0 aliphatic rings. The Morgan fingerprint density at radius 3 is 3.00 bits per heavy atom. The monoisotopic (exact) mass is 237 g/mol. The minimum absolute atomic E-state index is 0.00609. The van der Waals surface area contributed by atoms with E-state index in [4.69, 9.17) is 16.0 Å². The Morgan fingerprint density at radius 1 is 1.38 bits per heavy atom. The molecule has 4 heteroatoms. The van der Waals surface area contributed by atoms with E-state index in [-0.39, 0.29) is 11.8 Å². The summed E-state index contributed by atoms with van der Waals surface area (Å²) in [6, 6.07) is 7.84. The van der Waals surface area contributed by atoms with Crippen molar-refractivity contribution in [3.63, 3.8) is 0 Å². The number of amides is 1. The molecule has 2 aromatic rings. The SMILES string of the molecule is O=C(CCl)NCCc1coc2ccccc12. The number of carbonyl (C=O) groups excluding carboxylic acids is 1. The fourth-order valence-electron chi connectivity index (χ4n) is 1.61. The van der Waals surface area contributed by atoms with E-state index in [9.17, 15) is 4.79 Å². The lowest BCUT2D eigenvalue weighted by Gasteiger charge is -2.01. The predicted octanol–water partition coefficient (Wildman–Crippen LogP) is 2.33. The number of carbonyl (C=O) groups is 1. The molecular weight excluding hydrogens is 226 g/mol. The summed E-state index contributed by atoms with van der Waals surface area (Å²) in [5.74, 6) is -0.138. The van der Waals surface area contributed by atoms with Crippen LogP contribution in [0.3, 0.4) is 0 Å². The summed E-state index contributed by atoms with van der Waals surface area (Å²) in [4.78, 5) is 10.9. The number of para-hydroxylation sites is 1. The van der Waals surface area contributed by atoms with E-state index >= 15 is 0 Å². The molecule has 0 radical (unpaired) electrons. The number of hydrogen-bond acceptors (Lipinski definition) is 2. The van der Waals surface area contributed by atoms with E-state index in [2.05, 4.69) is 5.32 Å². The van der Waals surface area contributed by atoms with E-state index in [0.29, 0.717) is 6.54 Å². The number of fused-ring (bicyclic) bond motifs is 1. The number of nitrogens with one attached hydrogen (secondary N) is 1. The zero-order valence-corrected chi connectivity index (χ0v) is 9.46. The average molecular weight is 238 g/mol. The van der Waals surface area contributed by atoms with E-state index < -0.39 is 0 Å². The molecule has 1 aromatic heterocycles. The van der Waals surface area contributed by atoms with Gasteiger partial charge < -0.3 is 9.73 Å². The van der Waals surface area contributed by atoms with E-state index in [1.165, 1.54) is 0 Å². The molecule has 0 saturated carbocycles. The molecule has 1 amide bonds. The van der Waals surface area contributed by atoms with Crippen LogP contribution in [0.2, 0.25) is 0 Å². The highest BCUT2D eigenvalue weighted by molar-refractivity contribution is 6.27. The topological polar surface area (TPSA) is 42.2 Å². The molecule has 1 N–H and O–H groups in total. The smallest absolute Gasteiger partial charge is 0.234 e. The maximum absolute atomic E-state index is 10.9. The van der Waals surface area contributed by atoms with Crippen LogP contribution >= 0.6 is 11.6 Å². The van der Waals surface area contributed by atoms with Crippen LogP contribution < -0.4 is 5.32 Å². The molecule has 0 aliphatic heterocycles. The highest BCUT2D eigenvalue weighted by Crippen LogP contribution is 2.20. The van der Waals surface area contributed by atoms with Crippen LogP contribution in [-0.4, -0.2) is 18.3 Å². The molecule has 1 aromatic carbocycles. The summed E-state index contributed by atoms with van der Waals surface area (Å²) in [6.45, 7) is 0.578. The minimum atomic E-state index is -0.144. The van der Waals surface area contributed by atoms with Crippen molar-refractivity contribution in [2.45, 2.75) is 6.42 Å². The van der Waals surface area contributed by atoms with E-state index in [1.807, 2.05) is 24.3 Å². The molecule has 1 heterocycles. The first-order chi connectivity index (χ1) is 7.81. The Bertz CT molecular complexity index is 492. The zero-order chi connectivity index (χ0) is 11.4. The lowest BCUT2D eigenvalue weighted by atomic mass is 10.1. The number of hydrogen-bond donors (Lipinski definition) is 1. The summed E-state index contributed by atoms with van der Waals surface area (Å²) in [5.41, 5.74) is 1.98. The molecule has 2 rings (SSSR count). The first-order valence-electron chi connectivity index (χ1n) is 5.09. The molecule has 0 fully saturated rings. The third-order valence-corrected chi connectivity index (χ3v) is 2.64. The second-order valence-electron chi connectivity index (χ2n) is 3.49. The van der Waals surface area contributed by atoms with Gasteiger partial charge in [-0.1, -0.05) is 18.2 Å². The average Bonchev–Trinajstić information content (AvgIpc) is 2.73. The highest BCUT2D eigenvalue weighted by Gasteiger charge is 2.05. The molecule has 0 unspecified atom stereocenters. The standard InChI is InChI=1S/C12H12ClNO2/c13-7-12(15)14-6-5-9-8-16-11-4-2-1-3-10(9)11/h1-4,8H,5-7H2,(H,14,15). The van der Waals surface area contributed by atoms with Gasteiger partial charge in [0.05, 0.1) is 6.26 Å². The summed E-state index contributed by atoms with van der Waals surface area (Å²) >= 11 is 5.38. The van der Waals surface area contributed by atoms with Crippen molar-refractivity contribution < 1.29 is 9.21 Å². The highest BCUT2D eigenvalue weighted by atomic mass is 35.5. The van der Waals surface area contributed by atoms with Crippen LogP contribution in [0.15, 0.2) is 34.9 Å². The van der Waals surface area contributed by atoms with Crippen molar-refractivity contribution in [1.29, 1.82) is 0 Å². The van der Waals surface area contributed by atoms with Crippen LogP contribution in [0.5, 0.6) is 0 Å². The molecule has 0 bridgehead atoms. The van der Waals surface area contributed by atoms with E-state index in [0.717, 1.165) is 23.0 Å². The fourth-order valence-corrected chi connectivity index (χ4v) is 1.70. The third-order valence-electron chi connectivity index (χ3n) is 2.40. The zero-order valence-electron chi connectivity index (χ0n) is 8.70. The van der Waals surface area contributed by atoms with Gasteiger partial charge in [-0.05, 0) is 18.1 Å². The van der Waals surface area contributed by atoms with Crippen LogP contribution in [0.1, 0.15) is 5.56 Å².